The van der Waals surface area contributed by atoms with E-state index in [9.17, 15) is 9.50 Å². The van der Waals surface area contributed by atoms with Crippen LogP contribution in [0.4, 0.5) is 4.39 Å². The quantitative estimate of drug-likeness (QED) is 0.269. The second-order valence-electron chi connectivity index (χ2n) is 7.91. The monoisotopic (exact) mass is 394 g/mol. The van der Waals surface area contributed by atoms with Gasteiger partial charge in [-0.3, -0.25) is 0 Å². The highest BCUT2D eigenvalue weighted by molar-refractivity contribution is 6.09. The van der Waals surface area contributed by atoms with Crippen LogP contribution in [0.5, 0.6) is 5.75 Å². The van der Waals surface area contributed by atoms with Gasteiger partial charge in [-0.15, -0.1) is 0 Å². The summed E-state index contributed by atoms with van der Waals surface area (Å²) in [5.74, 6) is 0.288. The summed E-state index contributed by atoms with van der Waals surface area (Å²) in [4.78, 5) is 0. The van der Waals surface area contributed by atoms with E-state index >= 15 is 0 Å². The van der Waals surface area contributed by atoms with Crippen LogP contribution in [0, 0.1) is 5.82 Å². The van der Waals surface area contributed by atoms with E-state index in [-0.39, 0.29) is 5.82 Å². The molecule has 0 unspecified atom stereocenters. The number of hydrogen-bond donors (Lipinski definition) is 1. The first kappa shape index (κ1) is 18.6. The Morgan fingerprint density at radius 3 is 2.17 bits per heavy atom. The second-order valence-corrected chi connectivity index (χ2v) is 7.91. The van der Waals surface area contributed by atoms with Crippen LogP contribution in [0.15, 0.2) is 84.9 Å². The fraction of sp³-hybridized carbons (Fsp3) is 0.143. The van der Waals surface area contributed by atoms with Gasteiger partial charge in [0.1, 0.15) is 11.6 Å². The Hall–Kier alpha value is -3.39. The standard InChI is InChI=1S/C18H15F.C10H8O/c19-17-11-13-6-2-3-7-14(13)16-10-9-12-5-1-4-8-15(12)18(16)17;11-10-7-3-5-8-4-1-2-6-9(8)10/h2-3,6-7,9-11H,1,4-5,8H2;1-7,11H. The van der Waals surface area contributed by atoms with Crippen molar-refractivity contribution in [3.63, 3.8) is 0 Å². The summed E-state index contributed by atoms with van der Waals surface area (Å²) in [6.07, 6.45) is 4.52. The third kappa shape index (κ3) is 3.29. The average Bonchev–Trinajstić information content (AvgIpc) is 2.79. The minimum atomic E-state index is -0.0625. The zero-order valence-corrected chi connectivity index (χ0v) is 16.7. The summed E-state index contributed by atoms with van der Waals surface area (Å²) in [6.45, 7) is 0. The molecule has 6 rings (SSSR count). The molecule has 30 heavy (non-hydrogen) atoms. The van der Waals surface area contributed by atoms with Crippen LogP contribution >= 0.6 is 0 Å². The van der Waals surface area contributed by atoms with Crippen LogP contribution < -0.4 is 0 Å². The summed E-state index contributed by atoms with van der Waals surface area (Å²) in [5, 5.41) is 15.4. The number of phenolic OH excluding ortho intramolecular Hbond substituents is 1. The summed E-state index contributed by atoms with van der Waals surface area (Å²) >= 11 is 0. The first-order chi connectivity index (χ1) is 14.7. The lowest BCUT2D eigenvalue weighted by atomic mass is 9.86. The van der Waals surface area contributed by atoms with E-state index in [1.165, 1.54) is 24.0 Å². The van der Waals surface area contributed by atoms with Crippen LogP contribution in [-0.4, -0.2) is 5.11 Å². The maximum Gasteiger partial charge on any atom is 0.131 e. The number of aryl methyl sites for hydroxylation is 2. The Morgan fingerprint density at radius 1 is 0.633 bits per heavy atom. The van der Waals surface area contributed by atoms with E-state index in [1.807, 2.05) is 54.6 Å². The maximum atomic E-state index is 14.5. The lowest BCUT2D eigenvalue weighted by Crippen LogP contribution is -2.04. The van der Waals surface area contributed by atoms with Gasteiger partial charge < -0.3 is 5.11 Å². The molecule has 148 valence electrons. The van der Waals surface area contributed by atoms with Gasteiger partial charge in [0.25, 0.3) is 0 Å². The number of hydrogen-bond acceptors (Lipinski definition) is 1. The van der Waals surface area contributed by atoms with Crippen LogP contribution in [0.1, 0.15) is 24.0 Å². The van der Waals surface area contributed by atoms with E-state index < -0.39 is 0 Å². The van der Waals surface area contributed by atoms with Crippen molar-refractivity contribution in [1.82, 2.24) is 0 Å². The zero-order chi connectivity index (χ0) is 20.5. The van der Waals surface area contributed by atoms with Crippen LogP contribution in [0.25, 0.3) is 32.3 Å². The van der Waals surface area contributed by atoms with Crippen molar-refractivity contribution in [3.05, 3.63) is 102 Å². The lowest BCUT2D eigenvalue weighted by Gasteiger charge is -2.19. The van der Waals surface area contributed by atoms with E-state index in [2.05, 4.69) is 18.2 Å². The first-order valence-electron chi connectivity index (χ1n) is 10.5. The molecule has 0 fully saturated rings. The molecule has 5 aromatic carbocycles. The van der Waals surface area contributed by atoms with Crippen molar-refractivity contribution in [2.24, 2.45) is 0 Å². The van der Waals surface area contributed by atoms with Crippen LogP contribution in [-0.2, 0) is 12.8 Å². The Kier molecular flexibility index (Phi) is 4.84. The number of phenols is 1. The van der Waals surface area contributed by atoms with Gasteiger partial charge in [0, 0.05) is 10.8 Å². The molecule has 1 aliphatic carbocycles. The summed E-state index contributed by atoms with van der Waals surface area (Å²) < 4.78 is 14.5. The molecule has 0 bridgehead atoms. The van der Waals surface area contributed by atoms with Crippen molar-refractivity contribution < 1.29 is 9.50 Å². The Morgan fingerprint density at radius 2 is 1.33 bits per heavy atom. The highest BCUT2D eigenvalue weighted by Crippen LogP contribution is 2.35. The molecule has 0 saturated heterocycles. The van der Waals surface area contributed by atoms with Crippen LogP contribution in [0.3, 0.4) is 0 Å². The van der Waals surface area contributed by atoms with E-state index in [1.54, 1.807) is 12.1 Å². The van der Waals surface area contributed by atoms with Gasteiger partial charge in [0.15, 0.2) is 0 Å². The predicted molar refractivity (Wildman–Crippen MR) is 124 cm³/mol. The molecule has 1 aliphatic rings. The molecule has 0 atom stereocenters. The summed E-state index contributed by atoms with van der Waals surface area (Å²) in [6, 6.07) is 27.3. The normalized spacial score (nSPS) is 13.1. The minimum Gasteiger partial charge on any atom is -0.507 e. The second kappa shape index (κ2) is 7.79. The maximum absolute atomic E-state index is 14.5. The van der Waals surface area contributed by atoms with Crippen molar-refractivity contribution >= 4 is 32.3 Å². The Bertz CT molecular complexity index is 1360. The van der Waals surface area contributed by atoms with E-state index in [0.29, 0.717) is 5.75 Å². The van der Waals surface area contributed by atoms with E-state index in [4.69, 9.17) is 0 Å². The van der Waals surface area contributed by atoms with Crippen molar-refractivity contribution in [2.45, 2.75) is 25.7 Å². The van der Waals surface area contributed by atoms with Crippen molar-refractivity contribution in [2.75, 3.05) is 0 Å². The summed E-state index contributed by atoms with van der Waals surface area (Å²) in [5.41, 5.74) is 2.58. The smallest absolute Gasteiger partial charge is 0.131 e. The third-order valence-corrected chi connectivity index (χ3v) is 6.07. The zero-order valence-electron chi connectivity index (χ0n) is 16.7. The highest BCUT2D eigenvalue weighted by atomic mass is 19.1. The molecule has 2 heteroatoms. The molecule has 0 saturated carbocycles. The molecule has 0 amide bonds. The number of benzene rings is 5. The van der Waals surface area contributed by atoms with Crippen molar-refractivity contribution in [1.29, 1.82) is 0 Å². The fourth-order valence-electron chi connectivity index (χ4n) is 4.61. The molecule has 0 radical (unpaired) electrons. The van der Waals surface area contributed by atoms with Gasteiger partial charge in [-0.2, -0.15) is 0 Å². The Labute approximate surface area is 175 Å². The third-order valence-electron chi connectivity index (χ3n) is 6.07. The number of rotatable bonds is 0. The van der Waals surface area contributed by atoms with Crippen molar-refractivity contribution in [3.8, 4) is 5.75 Å². The average molecular weight is 394 g/mol. The summed E-state index contributed by atoms with van der Waals surface area (Å²) in [7, 11) is 0. The molecular formula is C28H23FO. The fourth-order valence-corrected chi connectivity index (χ4v) is 4.61. The number of halogens is 1. The molecule has 0 heterocycles. The molecule has 0 spiro atoms. The molecule has 0 aromatic heterocycles. The number of fused-ring (bicyclic) bond motifs is 6. The molecule has 1 nitrogen and oxygen atoms in total. The van der Waals surface area contributed by atoms with Gasteiger partial charge in [-0.1, -0.05) is 72.8 Å². The Balaban J connectivity index is 0.000000149. The predicted octanol–water partition coefficient (Wildman–Crippen LogP) is 7.56. The molecule has 5 aromatic rings. The largest absolute Gasteiger partial charge is 0.507 e. The minimum absolute atomic E-state index is 0.0625. The SMILES string of the molecule is Fc1cc2ccccc2c2ccc3c(c12)CCCC3.Oc1cccc2ccccc12. The van der Waals surface area contributed by atoms with Gasteiger partial charge in [0.05, 0.1) is 0 Å². The van der Waals surface area contributed by atoms with Gasteiger partial charge in [-0.25, -0.2) is 4.39 Å². The lowest BCUT2D eigenvalue weighted by molar-refractivity contribution is 0.481. The van der Waals surface area contributed by atoms with Gasteiger partial charge in [0.2, 0.25) is 0 Å². The topological polar surface area (TPSA) is 20.2 Å². The van der Waals surface area contributed by atoms with Gasteiger partial charge >= 0.3 is 0 Å². The molecule has 0 aliphatic heterocycles. The van der Waals surface area contributed by atoms with Crippen LogP contribution in [0.2, 0.25) is 0 Å². The highest BCUT2D eigenvalue weighted by Gasteiger charge is 2.16. The number of aromatic hydroxyl groups is 1. The van der Waals surface area contributed by atoms with Gasteiger partial charge in [-0.05, 0) is 70.5 Å². The van der Waals surface area contributed by atoms with E-state index in [0.717, 1.165) is 45.2 Å². The molecular weight excluding hydrogens is 371 g/mol. The first-order valence-corrected chi connectivity index (χ1v) is 10.5. The molecule has 1 N–H and O–H groups in total.